The normalized spacial score (nSPS) is 11.1. The molecule has 0 aliphatic rings. The van der Waals surface area contributed by atoms with E-state index in [1.807, 2.05) is 26.0 Å². The maximum absolute atomic E-state index is 13.9. The number of hydrogen-bond acceptors (Lipinski definition) is 3. The fraction of sp³-hybridized carbons (Fsp3) is 0.214. The Labute approximate surface area is 201 Å². The van der Waals surface area contributed by atoms with Gasteiger partial charge in [-0.2, -0.15) is 0 Å². The largest absolute Gasteiger partial charge is 0.508 e. The molecule has 0 radical (unpaired) electrons. The average molecular weight is 477 g/mol. The van der Waals surface area contributed by atoms with Gasteiger partial charge < -0.3 is 14.6 Å². The number of carbonyl (C=O) groups excluding carboxylic acids is 1. The van der Waals surface area contributed by atoms with Gasteiger partial charge in [0.05, 0.1) is 5.52 Å². The Kier molecular flexibility index (Phi) is 6.69. The van der Waals surface area contributed by atoms with Gasteiger partial charge in [0.2, 0.25) is 5.43 Å². The van der Waals surface area contributed by atoms with Crippen LogP contribution in [-0.2, 0) is 12.8 Å². The third kappa shape index (κ3) is 4.67. The Morgan fingerprint density at radius 1 is 0.914 bits per heavy atom. The Morgan fingerprint density at radius 2 is 1.54 bits per heavy atom. The highest BCUT2D eigenvalue weighted by molar-refractivity contribution is 6.07. The number of aromatic nitrogens is 1. The SMILES string of the molecule is CCc1cc(CC)cc(-n2cc(C(=O)N(CC)c3cc(F)cc(F)c3)c(=O)c3ccc(O)cc32)c1. The van der Waals surface area contributed by atoms with Gasteiger partial charge in [-0.1, -0.05) is 19.9 Å². The Bertz CT molecular complexity index is 1450. The van der Waals surface area contributed by atoms with Crippen LogP contribution < -0.4 is 10.3 Å². The summed E-state index contributed by atoms with van der Waals surface area (Å²) in [6.07, 6.45) is 3.04. The van der Waals surface area contributed by atoms with Crippen molar-refractivity contribution in [1.82, 2.24) is 4.57 Å². The van der Waals surface area contributed by atoms with E-state index in [0.29, 0.717) is 5.52 Å². The predicted octanol–water partition coefficient (Wildman–Crippen LogP) is 5.77. The maximum Gasteiger partial charge on any atom is 0.263 e. The second-order valence-corrected chi connectivity index (χ2v) is 8.34. The highest BCUT2D eigenvalue weighted by atomic mass is 19.1. The summed E-state index contributed by atoms with van der Waals surface area (Å²) in [5, 5.41) is 10.4. The van der Waals surface area contributed by atoms with Gasteiger partial charge in [0, 0.05) is 41.6 Å². The summed E-state index contributed by atoms with van der Waals surface area (Å²) < 4.78 is 29.5. The molecule has 180 valence electrons. The summed E-state index contributed by atoms with van der Waals surface area (Å²) in [5.41, 5.74) is 2.71. The van der Waals surface area contributed by atoms with Crippen molar-refractivity contribution in [2.45, 2.75) is 33.6 Å². The summed E-state index contributed by atoms with van der Waals surface area (Å²) in [5.74, 6) is -2.33. The quantitative estimate of drug-likeness (QED) is 0.385. The Hall–Kier alpha value is -4.00. The number of rotatable bonds is 6. The molecule has 0 saturated carbocycles. The first-order valence-electron chi connectivity index (χ1n) is 11.5. The molecule has 4 aromatic rings. The third-order valence-electron chi connectivity index (χ3n) is 6.07. The number of amides is 1. The molecular weight excluding hydrogens is 450 g/mol. The van der Waals surface area contributed by atoms with Crippen LogP contribution in [0.2, 0.25) is 0 Å². The minimum atomic E-state index is -0.818. The number of hydrogen-bond donors (Lipinski definition) is 1. The number of benzene rings is 3. The zero-order valence-corrected chi connectivity index (χ0v) is 19.8. The van der Waals surface area contributed by atoms with Gasteiger partial charge in [-0.05, 0) is 67.3 Å². The molecule has 1 heterocycles. The molecule has 3 aromatic carbocycles. The van der Waals surface area contributed by atoms with Gasteiger partial charge in [-0.15, -0.1) is 0 Å². The highest BCUT2D eigenvalue weighted by Gasteiger charge is 2.23. The zero-order chi connectivity index (χ0) is 25.3. The van der Waals surface area contributed by atoms with E-state index in [0.717, 1.165) is 47.9 Å². The molecule has 7 heteroatoms. The number of nitrogens with zero attached hydrogens (tertiary/aromatic N) is 2. The molecule has 1 aromatic heterocycles. The molecule has 35 heavy (non-hydrogen) atoms. The van der Waals surface area contributed by atoms with E-state index in [4.69, 9.17) is 0 Å². The van der Waals surface area contributed by atoms with Crippen molar-refractivity contribution in [2.75, 3.05) is 11.4 Å². The molecule has 0 aliphatic carbocycles. The summed E-state index contributed by atoms with van der Waals surface area (Å²) in [6, 6.07) is 13.2. The van der Waals surface area contributed by atoms with Crippen LogP contribution in [0.3, 0.4) is 0 Å². The van der Waals surface area contributed by atoms with E-state index >= 15 is 0 Å². The molecule has 5 nitrogen and oxygen atoms in total. The van der Waals surface area contributed by atoms with Gasteiger partial charge >= 0.3 is 0 Å². The molecule has 0 fully saturated rings. The van der Waals surface area contributed by atoms with Crippen molar-refractivity contribution < 1.29 is 18.7 Å². The number of aryl methyl sites for hydroxylation is 2. The van der Waals surface area contributed by atoms with Crippen LogP contribution in [0, 0.1) is 11.6 Å². The first-order valence-corrected chi connectivity index (χ1v) is 11.5. The van der Waals surface area contributed by atoms with E-state index in [1.54, 1.807) is 11.5 Å². The lowest BCUT2D eigenvalue weighted by atomic mass is 10.0. The number of carbonyl (C=O) groups is 1. The first kappa shape index (κ1) is 24.1. The van der Waals surface area contributed by atoms with Crippen LogP contribution >= 0.6 is 0 Å². The van der Waals surface area contributed by atoms with E-state index < -0.39 is 23.0 Å². The van der Waals surface area contributed by atoms with E-state index in [-0.39, 0.29) is 28.9 Å². The molecule has 0 atom stereocenters. The predicted molar refractivity (Wildman–Crippen MR) is 134 cm³/mol. The number of fused-ring (bicyclic) bond motifs is 1. The Morgan fingerprint density at radius 3 is 2.11 bits per heavy atom. The maximum atomic E-state index is 13.9. The van der Waals surface area contributed by atoms with E-state index in [9.17, 15) is 23.5 Å². The molecule has 4 rings (SSSR count). The van der Waals surface area contributed by atoms with Crippen LogP contribution in [0.25, 0.3) is 16.6 Å². The molecule has 0 unspecified atom stereocenters. The highest BCUT2D eigenvalue weighted by Crippen LogP contribution is 2.26. The molecule has 0 bridgehead atoms. The lowest BCUT2D eigenvalue weighted by Crippen LogP contribution is -2.35. The van der Waals surface area contributed by atoms with Crippen LogP contribution in [0.15, 0.2) is 65.6 Å². The lowest BCUT2D eigenvalue weighted by Gasteiger charge is -2.22. The monoisotopic (exact) mass is 476 g/mol. The molecule has 1 N–H and O–H groups in total. The number of phenolic OH excluding ortho intramolecular Hbond substituents is 1. The number of aromatic hydroxyl groups is 1. The average Bonchev–Trinajstić information content (AvgIpc) is 2.83. The van der Waals surface area contributed by atoms with Gasteiger partial charge in [0.1, 0.15) is 22.9 Å². The number of anilines is 1. The summed E-state index contributed by atoms with van der Waals surface area (Å²) >= 11 is 0. The molecular formula is C28H26F2N2O3. The van der Waals surface area contributed by atoms with Crippen molar-refractivity contribution in [3.05, 3.63) is 99.3 Å². The summed E-state index contributed by atoms with van der Waals surface area (Å²) in [6.45, 7) is 5.84. The topological polar surface area (TPSA) is 62.5 Å². The van der Waals surface area contributed by atoms with E-state index in [1.165, 1.54) is 29.3 Å². The molecule has 0 spiro atoms. The fourth-order valence-electron chi connectivity index (χ4n) is 4.25. The molecule has 0 saturated heterocycles. The molecule has 1 amide bonds. The van der Waals surface area contributed by atoms with Crippen molar-refractivity contribution >= 4 is 22.5 Å². The standard InChI is InChI=1S/C28H26F2N2O3/c1-4-17-9-18(5-2)11-21(10-17)32-16-25(27(34)24-8-7-23(33)15-26(24)32)28(35)31(6-3)22-13-19(29)12-20(30)14-22/h7-16,33H,4-6H2,1-3H3. The number of phenols is 1. The van der Waals surface area contributed by atoms with Crippen molar-refractivity contribution in [3.63, 3.8) is 0 Å². The van der Waals surface area contributed by atoms with Crippen LogP contribution in [0.5, 0.6) is 5.75 Å². The summed E-state index contributed by atoms with van der Waals surface area (Å²) in [4.78, 5) is 28.2. The van der Waals surface area contributed by atoms with Crippen LogP contribution in [0.1, 0.15) is 42.3 Å². The lowest BCUT2D eigenvalue weighted by molar-refractivity contribution is 0.0987. The number of pyridine rings is 1. The summed E-state index contributed by atoms with van der Waals surface area (Å²) in [7, 11) is 0. The van der Waals surface area contributed by atoms with Crippen LogP contribution in [0.4, 0.5) is 14.5 Å². The second kappa shape index (κ2) is 9.70. The van der Waals surface area contributed by atoms with Gasteiger partial charge in [-0.25, -0.2) is 8.78 Å². The van der Waals surface area contributed by atoms with Crippen molar-refractivity contribution in [2.24, 2.45) is 0 Å². The minimum Gasteiger partial charge on any atom is -0.508 e. The van der Waals surface area contributed by atoms with Gasteiger partial charge in [0.25, 0.3) is 5.91 Å². The smallest absolute Gasteiger partial charge is 0.263 e. The second-order valence-electron chi connectivity index (χ2n) is 8.34. The number of halogens is 2. The fourth-order valence-corrected chi connectivity index (χ4v) is 4.25. The Balaban J connectivity index is 1.98. The van der Waals surface area contributed by atoms with Crippen molar-refractivity contribution in [1.29, 1.82) is 0 Å². The van der Waals surface area contributed by atoms with Crippen LogP contribution in [-0.4, -0.2) is 22.1 Å². The molecule has 0 aliphatic heterocycles. The minimum absolute atomic E-state index is 0.0162. The van der Waals surface area contributed by atoms with E-state index in [2.05, 4.69) is 6.07 Å². The first-order chi connectivity index (χ1) is 16.7. The van der Waals surface area contributed by atoms with Crippen molar-refractivity contribution in [3.8, 4) is 11.4 Å². The van der Waals surface area contributed by atoms with Gasteiger partial charge in [-0.3, -0.25) is 9.59 Å². The third-order valence-corrected chi connectivity index (χ3v) is 6.07. The van der Waals surface area contributed by atoms with Gasteiger partial charge in [0.15, 0.2) is 0 Å². The zero-order valence-electron chi connectivity index (χ0n) is 19.8.